The number of rotatable bonds is 3. The molecule has 1 atom stereocenters. The van der Waals surface area contributed by atoms with E-state index in [1.807, 2.05) is 13.0 Å². The van der Waals surface area contributed by atoms with Crippen molar-refractivity contribution in [2.75, 3.05) is 19.7 Å². The Morgan fingerprint density at radius 1 is 1.63 bits per heavy atom. The summed E-state index contributed by atoms with van der Waals surface area (Å²) in [5.74, 6) is -0.0890. The maximum absolute atomic E-state index is 12.3. The number of amides is 1. The number of hydrogen-bond acceptors (Lipinski definition) is 4. The van der Waals surface area contributed by atoms with Gasteiger partial charge in [0.2, 0.25) is 0 Å². The third-order valence-electron chi connectivity index (χ3n) is 3.18. The van der Waals surface area contributed by atoms with Crippen molar-refractivity contribution < 1.29 is 9.53 Å². The molecule has 1 fully saturated rings. The summed E-state index contributed by atoms with van der Waals surface area (Å²) in [5.41, 5.74) is 0.846. The van der Waals surface area contributed by atoms with Gasteiger partial charge in [0, 0.05) is 25.9 Å². The first-order valence-electron chi connectivity index (χ1n) is 6.51. The molecule has 0 bridgehead atoms. The maximum Gasteiger partial charge on any atom is 0.272 e. The highest BCUT2D eigenvalue weighted by atomic mass is 16.5. The quantitative estimate of drug-likeness (QED) is 0.826. The van der Waals surface area contributed by atoms with Gasteiger partial charge in [-0.25, -0.2) is 4.98 Å². The van der Waals surface area contributed by atoms with Crippen LogP contribution in [0.25, 0.3) is 0 Å². The Kier molecular flexibility index (Phi) is 4.48. The SMILES string of the molecule is CCOC1CCCN(C(=O)c2ccc(C#N)cn2)C1. The molecule has 19 heavy (non-hydrogen) atoms. The Balaban J connectivity index is 2.04. The molecule has 2 heterocycles. The van der Waals surface area contributed by atoms with Crippen molar-refractivity contribution in [2.24, 2.45) is 0 Å². The lowest BCUT2D eigenvalue weighted by molar-refractivity contribution is 0.00703. The van der Waals surface area contributed by atoms with Crippen LogP contribution in [0.1, 0.15) is 35.8 Å². The minimum absolute atomic E-state index is 0.0890. The molecule has 1 saturated heterocycles. The van der Waals surface area contributed by atoms with Crippen molar-refractivity contribution in [3.63, 3.8) is 0 Å². The summed E-state index contributed by atoms with van der Waals surface area (Å²) in [6.07, 6.45) is 3.50. The van der Waals surface area contributed by atoms with E-state index in [1.54, 1.807) is 17.0 Å². The van der Waals surface area contributed by atoms with Crippen LogP contribution in [0.4, 0.5) is 0 Å². The summed E-state index contributed by atoms with van der Waals surface area (Å²) in [7, 11) is 0. The molecule has 0 aliphatic carbocycles. The second kappa shape index (κ2) is 6.30. The summed E-state index contributed by atoms with van der Waals surface area (Å²) < 4.78 is 5.58. The van der Waals surface area contributed by atoms with Crippen molar-refractivity contribution in [3.05, 3.63) is 29.6 Å². The van der Waals surface area contributed by atoms with Crippen LogP contribution in [0.3, 0.4) is 0 Å². The van der Waals surface area contributed by atoms with Crippen LogP contribution in [0.15, 0.2) is 18.3 Å². The Bertz CT molecular complexity index is 476. The van der Waals surface area contributed by atoms with Crippen LogP contribution >= 0.6 is 0 Å². The van der Waals surface area contributed by atoms with Gasteiger partial charge in [0.1, 0.15) is 11.8 Å². The van der Waals surface area contributed by atoms with Gasteiger partial charge in [-0.1, -0.05) is 0 Å². The molecule has 0 saturated carbocycles. The molecule has 1 aromatic heterocycles. The van der Waals surface area contributed by atoms with E-state index >= 15 is 0 Å². The lowest BCUT2D eigenvalue weighted by atomic mass is 10.1. The number of nitrogens with zero attached hydrogens (tertiary/aromatic N) is 3. The van der Waals surface area contributed by atoms with E-state index in [0.29, 0.717) is 24.4 Å². The topological polar surface area (TPSA) is 66.2 Å². The summed E-state index contributed by atoms with van der Waals surface area (Å²) in [6.45, 7) is 3.99. The van der Waals surface area contributed by atoms with Gasteiger partial charge in [-0.15, -0.1) is 0 Å². The number of aromatic nitrogens is 1. The first-order chi connectivity index (χ1) is 9.24. The van der Waals surface area contributed by atoms with E-state index < -0.39 is 0 Å². The molecule has 0 radical (unpaired) electrons. The van der Waals surface area contributed by atoms with Crippen LogP contribution in [-0.4, -0.2) is 41.6 Å². The smallest absolute Gasteiger partial charge is 0.272 e. The molecule has 1 aliphatic rings. The largest absolute Gasteiger partial charge is 0.377 e. The van der Waals surface area contributed by atoms with Gasteiger partial charge >= 0.3 is 0 Å². The average Bonchev–Trinajstić information content (AvgIpc) is 2.47. The van der Waals surface area contributed by atoms with Gasteiger partial charge in [0.05, 0.1) is 11.7 Å². The van der Waals surface area contributed by atoms with Crippen LogP contribution in [0.5, 0.6) is 0 Å². The molecule has 1 aliphatic heterocycles. The maximum atomic E-state index is 12.3. The minimum Gasteiger partial charge on any atom is -0.377 e. The lowest BCUT2D eigenvalue weighted by Gasteiger charge is -2.32. The first kappa shape index (κ1) is 13.5. The average molecular weight is 259 g/mol. The normalized spacial score (nSPS) is 18.9. The van der Waals surface area contributed by atoms with Crippen LogP contribution < -0.4 is 0 Å². The molecule has 2 rings (SSSR count). The summed E-state index contributed by atoms with van der Waals surface area (Å²) in [4.78, 5) is 18.1. The molecule has 0 N–H and O–H groups in total. The number of carbonyl (C=O) groups excluding carboxylic acids is 1. The molecule has 5 heteroatoms. The summed E-state index contributed by atoms with van der Waals surface area (Å²) in [5, 5.41) is 8.71. The van der Waals surface area contributed by atoms with E-state index in [2.05, 4.69) is 4.98 Å². The monoisotopic (exact) mass is 259 g/mol. The molecule has 1 amide bonds. The summed E-state index contributed by atoms with van der Waals surface area (Å²) >= 11 is 0. The van der Waals surface area contributed by atoms with Crippen molar-refractivity contribution in [3.8, 4) is 6.07 Å². The number of likely N-dealkylation sites (tertiary alicyclic amines) is 1. The number of pyridine rings is 1. The molecular formula is C14H17N3O2. The highest BCUT2D eigenvalue weighted by molar-refractivity contribution is 5.92. The van der Waals surface area contributed by atoms with Crippen molar-refractivity contribution in [1.29, 1.82) is 5.26 Å². The number of ether oxygens (including phenoxy) is 1. The minimum atomic E-state index is -0.0890. The zero-order valence-corrected chi connectivity index (χ0v) is 11.0. The van der Waals surface area contributed by atoms with Crippen LogP contribution in [0.2, 0.25) is 0 Å². The highest BCUT2D eigenvalue weighted by Gasteiger charge is 2.25. The standard InChI is InChI=1S/C14H17N3O2/c1-2-19-12-4-3-7-17(10-12)14(18)13-6-5-11(8-15)9-16-13/h5-6,9,12H,2-4,7,10H2,1H3. The number of carbonyl (C=O) groups is 1. The Morgan fingerprint density at radius 3 is 3.11 bits per heavy atom. The fraction of sp³-hybridized carbons (Fsp3) is 0.500. The Labute approximate surface area is 112 Å². The Morgan fingerprint density at radius 2 is 2.47 bits per heavy atom. The highest BCUT2D eigenvalue weighted by Crippen LogP contribution is 2.15. The zero-order chi connectivity index (χ0) is 13.7. The molecular weight excluding hydrogens is 242 g/mol. The van der Waals surface area contributed by atoms with Gasteiger partial charge < -0.3 is 9.64 Å². The second-order valence-corrected chi connectivity index (χ2v) is 4.51. The molecule has 0 aromatic carbocycles. The third-order valence-corrected chi connectivity index (χ3v) is 3.18. The number of nitriles is 1. The second-order valence-electron chi connectivity index (χ2n) is 4.51. The van der Waals surface area contributed by atoms with E-state index in [0.717, 1.165) is 19.4 Å². The zero-order valence-electron chi connectivity index (χ0n) is 11.0. The van der Waals surface area contributed by atoms with E-state index in [-0.39, 0.29) is 12.0 Å². The molecule has 100 valence electrons. The number of piperidine rings is 1. The van der Waals surface area contributed by atoms with E-state index in [4.69, 9.17) is 10.00 Å². The van der Waals surface area contributed by atoms with Gasteiger partial charge in [0.15, 0.2) is 0 Å². The number of hydrogen-bond donors (Lipinski definition) is 0. The predicted molar refractivity (Wildman–Crippen MR) is 69.5 cm³/mol. The fourth-order valence-corrected chi connectivity index (χ4v) is 2.24. The summed E-state index contributed by atoms with van der Waals surface area (Å²) in [6, 6.07) is 5.21. The van der Waals surface area contributed by atoms with Crippen LogP contribution in [0, 0.1) is 11.3 Å². The molecule has 0 spiro atoms. The van der Waals surface area contributed by atoms with Crippen molar-refractivity contribution in [2.45, 2.75) is 25.9 Å². The molecule has 1 unspecified atom stereocenters. The first-order valence-corrected chi connectivity index (χ1v) is 6.51. The van der Waals surface area contributed by atoms with Gasteiger partial charge in [0.25, 0.3) is 5.91 Å². The van der Waals surface area contributed by atoms with Crippen molar-refractivity contribution >= 4 is 5.91 Å². The van der Waals surface area contributed by atoms with Gasteiger partial charge in [-0.3, -0.25) is 4.79 Å². The lowest BCUT2D eigenvalue weighted by Crippen LogP contribution is -2.43. The van der Waals surface area contributed by atoms with Gasteiger partial charge in [-0.2, -0.15) is 5.26 Å². The molecule has 1 aromatic rings. The third kappa shape index (κ3) is 3.30. The van der Waals surface area contributed by atoms with E-state index in [1.165, 1.54) is 6.20 Å². The predicted octanol–water partition coefficient (Wildman–Crippen LogP) is 1.59. The van der Waals surface area contributed by atoms with E-state index in [9.17, 15) is 4.79 Å². The van der Waals surface area contributed by atoms with Gasteiger partial charge in [-0.05, 0) is 31.9 Å². The molecule has 5 nitrogen and oxygen atoms in total. The van der Waals surface area contributed by atoms with Crippen LogP contribution in [-0.2, 0) is 4.74 Å². The fourth-order valence-electron chi connectivity index (χ4n) is 2.24. The van der Waals surface area contributed by atoms with Crippen molar-refractivity contribution in [1.82, 2.24) is 9.88 Å². The Hall–Kier alpha value is -1.93.